The molecule has 11 heteroatoms. The number of benzene rings is 1. The Bertz CT molecular complexity index is 1300. The van der Waals surface area contributed by atoms with Gasteiger partial charge in [-0.05, 0) is 43.7 Å². The zero-order chi connectivity index (χ0) is 24.0. The van der Waals surface area contributed by atoms with Crippen LogP contribution in [0.15, 0.2) is 65.9 Å². The average molecular weight is 499 g/mol. The summed E-state index contributed by atoms with van der Waals surface area (Å²) in [7, 11) is -9.78. The van der Waals surface area contributed by atoms with Crippen LogP contribution < -0.4 is 4.74 Å². The number of ether oxygens (including phenoxy) is 1. The van der Waals surface area contributed by atoms with Gasteiger partial charge < -0.3 is 19.1 Å². The molecular weight excluding hydrogens is 475 g/mol. The lowest BCUT2D eigenvalue weighted by Crippen LogP contribution is -2.41. The van der Waals surface area contributed by atoms with Crippen molar-refractivity contribution in [1.82, 2.24) is 19.4 Å². The molecule has 1 aliphatic carbocycles. The summed E-state index contributed by atoms with van der Waals surface area (Å²) < 4.78 is 75.0. The molecule has 4 aliphatic rings. The monoisotopic (exact) mass is 498 g/mol. The van der Waals surface area contributed by atoms with Crippen LogP contribution in [0.4, 0.5) is 19.4 Å². The maximum atomic E-state index is 13.5. The third-order valence-corrected chi connectivity index (χ3v) is 8.23. The van der Waals surface area contributed by atoms with E-state index in [9.17, 15) is 19.4 Å². The first-order chi connectivity index (χ1) is 15.8. The predicted molar refractivity (Wildman–Crippen MR) is 120 cm³/mol. The molecule has 0 spiro atoms. The standard InChI is InChI=1S/C23H23F5N4OS/c1-16-10-32(15-29-16)19-3-2-18-11-30(6-7-31(18)12-19)14-23-9-17(23)13-33-22-5-4-20(8-21(22)23)34(24,25,26,27)28/h2-5,8,10-12,15,17H,6-7,9,13-14H2,1H3/t17-,23+/m1/s1. The van der Waals surface area contributed by atoms with E-state index in [1.165, 1.54) is 0 Å². The number of allylic oxidation sites excluding steroid dienone is 3. The Kier molecular flexibility index (Phi) is 3.92. The van der Waals surface area contributed by atoms with Gasteiger partial charge >= 0.3 is 10.2 Å². The lowest BCUT2D eigenvalue weighted by Gasteiger charge is -2.42. The second kappa shape index (κ2) is 6.18. The minimum Gasteiger partial charge on any atom is -0.493 e. The molecule has 6 rings (SSSR count). The average Bonchev–Trinajstić information content (AvgIpc) is 3.32. The number of hydrogen-bond acceptors (Lipinski definition) is 4. The lowest BCUT2D eigenvalue weighted by molar-refractivity contribution is 0.219. The van der Waals surface area contributed by atoms with Gasteiger partial charge in [-0.1, -0.05) is 19.4 Å². The van der Waals surface area contributed by atoms with Crippen LogP contribution >= 0.6 is 10.2 Å². The van der Waals surface area contributed by atoms with Gasteiger partial charge in [0.05, 0.1) is 30.0 Å². The zero-order valence-electron chi connectivity index (χ0n) is 18.3. The first kappa shape index (κ1) is 21.6. The Hall–Kier alpha value is -2.95. The molecule has 1 aromatic carbocycles. The number of aryl methyl sites for hydroxylation is 1. The van der Waals surface area contributed by atoms with Crippen LogP contribution in [0.5, 0.6) is 5.75 Å². The molecule has 182 valence electrons. The van der Waals surface area contributed by atoms with Crippen molar-refractivity contribution in [2.24, 2.45) is 5.92 Å². The van der Waals surface area contributed by atoms with Gasteiger partial charge in [0, 0.05) is 55.1 Å². The maximum Gasteiger partial charge on any atom is 0.310 e. The normalized spacial score (nSPS) is 27.4. The molecule has 0 amide bonds. The van der Waals surface area contributed by atoms with E-state index in [2.05, 4.69) is 14.8 Å². The van der Waals surface area contributed by atoms with E-state index in [4.69, 9.17) is 4.74 Å². The fraction of sp³-hybridized carbons (Fsp3) is 0.348. The van der Waals surface area contributed by atoms with Gasteiger partial charge in [-0.3, -0.25) is 0 Å². The molecule has 3 aliphatic heterocycles. The molecule has 34 heavy (non-hydrogen) atoms. The van der Waals surface area contributed by atoms with E-state index >= 15 is 0 Å². The Morgan fingerprint density at radius 1 is 1.09 bits per heavy atom. The molecule has 1 saturated carbocycles. The predicted octanol–water partition coefficient (Wildman–Crippen LogP) is 6.03. The smallest absolute Gasteiger partial charge is 0.310 e. The number of fused-ring (bicyclic) bond motifs is 4. The van der Waals surface area contributed by atoms with Crippen molar-refractivity contribution in [3.8, 4) is 5.75 Å². The van der Waals surface area contributed by atoms with Gasteiger partial charge in [0.2, 0.25) is 0 Å². The number of aromatic nitrogens is 2. The molecule has 0 bridgehead atoms. The van der Waals surface area contributed by atoms with E-state index < -0.39 is 20.5 Å². The topological polar surface area (TPSA) is 33.5 Å². The van der Waals surface area contributed by atoms with Crippen molar-refractivity contribution in [3.63, 3.8) is 0 Å². The second-order valence-corrected chi connectivity index (χ2v) is 11.9. The van der Waals surface area contributed by atoms with Crippen LogP contribution in [0.1, 0.15) is 17.7 Å². The summed E-state index contributed by atoms with van der Waals surface area (Å²) in [6.07, 6.45) is 12.3. The summed E-state index contributed by atoms with van der Waals surface area (Å²) in [5.74, 6) is 0.287. The molecule has 0 unspecified atom stereocenters. The SMILES string of the molecule is Cc1cn(C2=CN3CCN(C[C@@]45C[C@@H]4COc4ccc(S(F)(F)(F)(F)F)cc45)C=C3C=C2)cn1. The molecule has 0 saturated heterocycles. The largest absolute Gasteiger partial charge is 0.493 e. The van der Waals surface area contributed by atoms with Crippen molar-refractivity contribution in [1.29, 1.82) is 0 Å². The molecule has 2 aromatic rings. The van der Waals surface area contributed by atoms with Gasteiger partial charge in [-0.25, -0.2) is 4.98 Å². The third-order valence-electron chi connectivity index (χ3n) is 7.09. The Labute approximate surface area is 193 Å². The fourth-order valence-electron chi connectivity index (χ4n) is 5.21. The summed E-state index contributed by atoms with van der Waals surface area (Å²) in [6.45, 7) is 4.13. The van der Waals surface area contributed by atoms with Gasteiger partial charge in [-0.15, -0.1) is 0 Å². The van der Waals surface area contributed by atoms with Crippen molar-refractivity contribution < 1.29 is 24.2 Å². The van der Waals surface area contributed by atoms with Gasteiger partial charge in [0.25, 0.3) is 0 Å². The Balaban J connectivity index is 1.27. The summed E-state index contributed by atoms with van der Waals surface area (Å²) in [6, 6.07) is 2.11. The van der Waals surface area contributed by atoms with Crippen LogP contribution in [0.3, 0.4) is 0 Å². The van der Waals surface area contributed by atoms with Crippen LogP contribution in [0.25, 0.3) is 5.70 Å². The van der Waals surface area contributed by atoms with Crippen molar-refractivity contribution in [3.05, 3.63) is 72.2 Å². The van der Waals surface area contributed by atoms with Crippen molar-refractivity contribution >= 4 is 15.9 Å². The van der Waals surface area contributed by atoms with Gasteiger partial charge in [0.15, 0.2) is 0 Å². The first-order valence-corrected chi connectivity index (χ1v) is 12.9. The van der Waals surface area contributed by atoms with E-state index in [0.29, 0.717) is 44.8 Å². The van der Waals surface area contributed by atoms with Crippen LogP contribution in [-0.2, 0) is 5.41 Å². The maximum absolute atomic E-state index is 13.5. The molecule has 2 atom stereocenters. The van der Waals surface area contributed by atoms with Crippen molar-refractivity contribution in [2.75, 3.05) is 26.2 Å². The minimum absolute atomic E-state index is 0.0167. The Morgan fingerprint density at radius 3 is 2.62 bits per heavy atom. The second-order valence-electron chi connectivity index (χ2n) is 9.52. The number of hydrogen-bond donors (Lipinski definition) is 0. The highest BCUT2D eigenvalue weighted by Gasteiger charge is 2.67. The number of imidazole rings is 1. The Morgan fingerprint density at radius 2 is 1.88 bits per heavy atom. The summed E-state index contributed by atoms with van der Waals surface area (Å²) >= 11 is 0. The van der Waals surface area contributed by atoms with Crippen molar-refractivity contribution in [2.45, 2.75) is 23.7 Å². The van der Waals surface area contributed by atoms with Gasteiger partial charge in [-0.2, -0.15) is 0 Å². The number of halogens is 5. The molecule has 4 heterocycles. The fourth-order valence-corrected chi connectivity index (χ4v) is 5.87. The molecular formula is C23H23F5N4OS. The highest BCUT2D eigenvalue weighted by atomic mass is 32.5. The molecule has 1 fully saturated rings. The first-order valence-electron chi connectivity index (χ1n) is 11.0. The summed E-state index contributed by atoms with van der Waals surface area (Å²) in [4.78, 5) is 6.61. The minimum atomic E-state index is -9.78. The highest BCUT2D eigenvalue weighted by molar-refractivity contribution is 8.45. The third kappa shape index (κ3) is 3.57. The van der Waals surface area contributed by atoms with E-state index in [1.54, 1.807) is 6.33 Å². The van der Waals surface area contributed by atoms with E-state index in [-0.39, 0.29) is 17.2 Å². The lowest BCUT2D eigenvalue weighted by atomic mass is 9.90. The quantitative estimate of drug-likeness (QED) is 0.483. The number of rotatable bonds is 4. The zero-order valence-corrected chi connectivity index (χ0v) is 19.1. The highest BCUT2D eigenvalue weighted by Crippen LogP contribution is 3.02. The van der Waals surface area contributed by atoms with Crippen LogP contribution in [-0.4, -0.2) is 45.6 Å². The van der Waals surface area contributed by atoms with Crippen LogP contribution in [0, 0.1) is 12.8 Å². The molecule has 5 nitrogen and oxygen atoms in total. The molecule has 1 aromatic heterocycles. The summed E-state index contributed by atoms with van der Waals surface area (Å²) in [5, 5.41) is 0. The van der Waals surface area contributed by atoms with E-state index in [1.807, 2.05) is 42.2 Å². The molecule has 0 N–H and O–H groups in total. The van der Waals surface area contributed by atoms with Gasteiger partial charge in [0.1, 0.15) is 10.6 Å². The number of nitrogens with zero attached hydrogens (tertiary/aromatic N) is 4. The van der Waals surface area contributed by atoms with Crippen LogP contribution in [0.2, 0.25) is 0 Å². The summed E-state index contributed by atoms with van der Waals surface area (Å²) in [5.41, 5.74) is 2.50. The van der Waals surface area contributed by atoms with E-state index in [0.717, 1.165) is 23.2 Å². The molecule has 0 radical (unpaired) electrons.